The largest absolute Gasteiger partial charge is 0.205 e. The number of halogens is 2. The Kier molecular flexibility index (Phi) is 2.67. The molecule has 12 heavy (non-hydrogen) atoms. The van der Waals surface area contributed by atoms with Gasteiger partial charge in [-0.25, -0.2) is 4.39 Å². The lowest BCUT2D eigenvalue weighted by atomic mass is 10.0. The van der Waals surface area contributed by atoms with E-state index in [4.69, 9.17) is 16.9 Å². The Balaban J connectivity index is 3.18. The molecule has 0 aliphatic rings. The summed E-state index contributed by atoms with van der Waals surface area (Å²) < 4.78 is 13.2. The van der Waals surface area contributed by atoms with Gasteiger partial charge in [-0.05, 0) is 13.0 Å². The van der Waals surface area contributed by atoms with Crippen LogP contribution in [0.4, 0.5) is 4.39 Å². The first kappa shape index (κ1) is 9.02. The summed E-state index contributed by atoms with van der Waals surface area (Å²) in [7, 11) is 0. The van der Waals surface area contributed by atoms with Crippen molar-refractivity contribution in [3.05, 3.63) is 34.6 Å². The summed E-state index contributed by atoms with van der Waals surface area (Å²) in [5.41, 5.74) is 0.352. The van der Waals surface area contributed by atoms with Crippen molar-refractivity contribution in [1.82, 2.24) is 0 Å². The first-order chi connectivity index (χ1) is 5.66. The predicted molar refractivity (Wildman–Crippen MR) is 45.4 cm³/mol. The van der Waals surface area contributed by atoms with Crippen molar-refractivity contribution in [3.63, 3.8) is 0 Å². The summed E-state index contributed by atoms with van der Waals surface area (Å²) in [6.07, 6.45) is 0. The molecule has 0 bridgehead atoms. The van der Waals surface area contributed by atoms with Gasteiger partial charge in [-0.2, -0.15) is 5.26 Å². The van der Waals surface area contributed by atoms with Crippen molar-refractivity contribution in [2.24, 2.45) is 0 Å². The van der Waals surface area contributed by atoms with Crippen LogP contribution in [0.25, 0.3) is 0 Å². The maximum absolute atomic E-state index is 13.2. The van der Waals surface area contributed by atoms with Gasteiger partial charge in [0, 0.05) is 5.56 Å². The van der Waals surface area contributed by atoms with Crippen LogP contribution in [0.15, 0.2) is 18.2 Å². The average molecular weight is 184 g/mol. The Labute approximate surface area is 75.4 Å². The molecular formula is C9H7ClFN. The van der Waals surface area contributed by atoms with E-state index in [1.807, 2.05) is 6.07 Å². The molecule has 3 heteroatoms. The van der Waals surface area contributed by atoms with Gasteiger partial charge in [0.25, 0.3) is 0 Å². The van der Waals surface area contributed by atoms with E-state index in [1.165, 1.54) is 6.07 Å². The van der Waals surface area contributed by atoms with Gasteiger partial charge in [0.05, 0.1) is 17.0 Å². The van der Waals surface area contributed by atoms with E-state index in [0.717, 1.165) is 0 Å². The molecule has 1 nitrogen and oxygen atoms in total. The molecule has 0 fully saturated rings. The topological polar surface area (TPSA) is 23.8 Å². The summed E-state index contributed by atoms with van der Waals surface area (Å²) in [6.45, 7) is 1.63. The molecule has 1 aromatic carbocycles. The number of benzene rings is 1. The van der Waals surface area contributed by atoms with Gasteiger partial charge in [-0.3, -0.25) is 0 Å². The maximum atomic E-state index is 13.2. The molecule has 1 unspecified atom stereocenters. The Morgan fingerprint density at radius 2 is 2.25 bits per heavy atom. The number of hydrogen-bond donors (Lipinski definition) is 0. The minimum Gasteiger partial charge on any atom is -0.205 e. The van der Waals surface area contributed by atoms with Crippen LogP contribution < -0.4 is 0 Å². The minimum absolute atomic E-state index is 0.0644. The molecule has 0 aliphatic heterocycles. The molecule has 0 N–H and O–H groups in total. The lowest BCUT2D eigenvalue weighted by Gasteiger charge is -2.04. The summed E-state index contributed by atoms with van der Waals surface area (Å²) in [5, 5.41) is 8.61. The molecule has 0 aliphatic carbocycles. The van der Waals surface area contributed by atoms with Gasteiger partial charge < -0.3 is 0 Å². The summed E-state index contributed by atoms with van der Waals surface area (Å²) in [4.78, 5) is 0. The second-order valence-electron chi connectivity index (χ2n) is 2.49. The average Bonchev–Trinajstić information content (AvgIpc) is 2.08. The molecule has 1 atom stereocenters. The Hall–Kier alpha value is -1.07. The molecule has 0 heterocycles. The van der Waals surface area contributed by atoms with Gasteiger partial charge in [-0.1, -0.05) is 23.7 Å². The molecule has 0 radical (unpaired) electrons. The molecule has 62 valence electrons. The third kappa shape index (κ3) is 1.57. The van der Waals surface area contributed by atoms with Gasteiger partial charge >= 0.3 is 0 Å². The third-order valence-electron chi connectivity index (χ3n) is 1.64. The van der Waals surface area contributed by atoms with Crippen LogP contribution in [0.2, 0.25) is 5.02 Å². The third-order valence-corrected chi connectivity index (χ3v) is 1.93. The van der Waals surface area contributed by atoms with Crippen molar-refractivity contribution in [2.45, 2.75) is 12.8 Å². The molecule has 0 saturated carbocycles. The van der Waals surface area contributed by atoms with Crippen molar-refractivity contribution in [3.8, 4) is 6.07 Å². The fraction of sp³-hybridized carbons (Fsp3) is 0.222. The normalized spacial score (nSPS) is 12.2. The molecule has 1 aromatic rings. The van der Waals surface area contributed by atoms with E-state index in [1.54, 1.807) is 19.1 Å². The smallest absolute Gasteiger partial charge is 0.146 e. The monoisotopic (exact) mass is 183 g/mol. The predicted octanol–water partition coefficient (Wildman–Crippen LogP) is 3.11. The summed E-state index contributed by atoms with van der Waals surface area (Å²) >= 11 is 5.53. The molecule has 0 saturated heterocycles. The molecule has 0 spiro atoms. The Morgan fingerprint density at radius 3 is 2.83 bits per heavy atom. The summed E-state index contributed by atoms with van der Waals surface area (Å²) in [5.74, 6) is -0.947. The first-order valence-electron chi connectivity index (χ1n) is 3.50. The lowest BCUT2D eigenvalue weighted by molar-refractivity contribution is 0.607. The highest BCUT2D eigenvalue weighted by Gasteiger charge is 2.11. The van der Waals surface area contributed by atoms with Crippen LogP contribution in [0.3, 0.4) is 0 Å². The lowest BCUT2D eigenvalue weighted by Crippen LogP contribution is -1.94. The van der Waals surface area contributed by atoms with Crippen molar-refractivity contribution in [2.75, 3.05) is 0 Å². The van der Waals surface area contributed by atoms with Crippen LogP contribution in [-0.4, -0.2) is 0 Å². The van der Waals surface area contributed by atoms with E-state index in [9.17, 15) is 4.39 Å². The van der Waals surface area contributed by atoms with Crippen LogP contribution in [0.1, 0.15) is 18.4 Å². The van der Waals surface area contributed by atoms with Crippen molar-refractivity contribution in [1.29, 1.82) is 5.26 Å². The van der Waals surface area contributed by atoms with E-state index < -0.39 is 11.7 Å². The van der Waals surface area contributed by atoms with E-state index >= 15 is 0 Å². The quantitative estimate of drug-likeness (QED) is 0.656. The molecule has 0 amide bonds. The van der Waals surface area contributed by atoms with Crippen LogP contribution >= 0.6 is 11.6 Å². The SMILES string of the molecule is CC(C#N)c1cccc(Cl)c1F. The van der Waals surface area contributed by atoms with Crippen LogP contribution in [-0.2, 0) is 0 Å². The zero-order valence-electron chi connectivity index (χ0n) is 6.51. The molecular weight excluding hydrogens is 177 g/mol. The van der Waals surface area contributed by atoms with E-state index in [2.05, 4.69) is 0 Å². The molecule has 1 rings (SSSR count). The standard InChI is InChI=1S/C9H7ClFN/c1-6(5-12)7-3-2-4-8(10)9(7)11/h2-4,6H,1H3. The van der Waals surface area contributed by atoms with Gasteiger partial charge in [0.1, 0.15) is 5.82 Å². The number of nitrogens with zero attached hydrogens (tertiary/aromatic N) is 1. The zero-order valence-corrected chi connectivity index (χ0v) is 7.27. The Bertz CT molecular complexity index is 330. The maximum Gasteiger partial charge on any atom is 0.146 e. The van der Waals surface area contributed by atoms with Gasteiger partial charge in [0.15, 0.2) is 0 Å². The second-order valence-corrected chi connectivity index (χ2v) is 2.90. The fourth-order valence-corrected chi connectivity index (χ4v) is 1.11. The van der Waals surface area contributed by atoms with Crippen molar-refractivity contribution < 1.29 is 4.39 Å². The number of hydrogen-bond acceptors (Lipinski definition) is 1. The van der Waals surface area contributed by atoms with Crippen LogP contribution in [0.5, 0.6) is 0 Å². The van der Waals surface area contributed by atoms with Gasteiger partial charge in [0.2, 0.25) is 0 Å². The van der Waals surface area contributed by atoms with Crippen LogP contribution in [0, 0.1) is 17.1 Å². The fourth-order valence-electron chi connectivity index (χ4n) is 0.924. The highest BCUT2D eigenvalue weighted by molar-refractivity contribution is 6.30. The van der Waals surface area contributed by atoms with Crippen molar-refractivity contribution >= 4 is 11.6 Å². The molecule has 0 aromatic heterocycles. The van der Waals surface area contributed by atoms with Gasteiger partial charge in [-0.15, -0.1) is 0 Å². The highest BCUT2D eigenvalue weighted by atomic mass is 35.5. The number of nitriles is 1. The Morgan fingerprint density at radius 1 is 1.58 bits per heavy atom. The summed E-state index contributed by atoms with van der Waals surface area (Å²) in [6, 6.07) is 6.61. The van der Waals surface area contributed by atoms with E-state index in [0.29, 0.717) is 5.56 Å². The zero-order chi connectivity index (χ0) is 9.14. The highest BCUT2D eigenvalue weighted by Crippen LogP contribution is 2.23. The second kappa shape index (κ2) is 3.55. The number of rotatable bonds is 1. The minimum atomic E-state index is -0.492. The van der Waals surface area contributed by atoms with E-state index in [-0.39, 0.29) is 5.02 Å². The first-order valence-corrected chi connectivity index (χ1v) is 3.88.